The highest BCUT2D eigenvalue weighted by Gasteiger charge is 2.16. The van der Waals surface area contributed by atoms with Gasteiger partial charge in [0.2, 0.25) is 5.91 Å². The van der Waals surface area contributed by atoms with Gasteiger partial charge in [-0.25, -0.2) is 4.98 Å². The van der Waals surface area contributed by atoms with Crippen LogP contribution in [0.15, 0.2) is 50.2 Å². The first-order valence-corrected chi connectivity index (χ1v) is 10.7. The molecular weight excluding hydrogens is 408 g/mol. The lowest BCUT2D eigenvalue weighted by Crippen LogP contribution is -2.22. The van der Waals surface area contributed by atoms with Crippen LogP contribution in [0.4, 0.5) is 5.82 Å². The Morgan fingerprint density at radius 3 is 2.76 bits per heavy atom. The van der Waals surface area contributed by atoms with Crippen LogP contribution in [0.25, 0.3) is 15.9 Å². The van der Waals surface area contributed by atoms with Crippen LogP contribution in [0, 0.1) is 20.8 Å². The number of thiophene rings is 1. The van der Waals surface area contributed by atoms with Crippen LogP contribution >= 0.6 is 23.1 Å². The predicted molar refractivity (Wildman–Crippen MR) is 115 cm³/mol. The van der Waals surface area contributed by atoms with E-state index in [1.165, 1.54) is 23.1 Å². The maximum atomic E-state index is 13.1. The minimum Gasteiger partial charge on any atom is -0.360 e. The highest BCUT2D eigenvalue weighted by molar-refractivity contribution is 7.99. The third-order valence-electron chi connectivity index (χ3n) is 4.43. The number of nitrogens with zero attached hydrogens (tertiary/aromatic N) is 3. The number of hydrogen-bond donors (Lipinski definition) is 1. The van der Waals surface area contributed by atoms with E-state index in [9.17, 15) is 9.59 Å². The quantitative estimate of drug-likeness (QED) is 0.382. The van der Waals surface area contributed by atoms with Gasteiger partial charge >= 0.3 is 0 Å². The monoisotopic (exact) mass is 426 g/mol. The zero-order chi connectivity index (χ0) is 20.5. The Hall–Kier alpha value is -2.91. The Bertz CT molecular complexity index is 1270. The molecule has 0 fully saturated rings. The lowest BCUT2D eigenvalue weighted by atomic mass is 10.1. The molecule has 0 unspecified atom stereocenters. The van der Waals surface area contributed by atoms with Crippen LogP contribution in [0.2, 0.25) is 0 Å². The van der Waals surface area contributed by atoms with E-state index in [4.69, 9.17) is 4.52 Å². The van der Waals surface area contributed by atoms with Gasteiger partial charge < -0.3 is 9.84 Å². The van der Waals surface area contributed by atoms with Crippen LogP contribution in [-0.4, -0.2) is 26.4 Å². The summed E-state index contributed by atoms with van der Waals surface area (Å²) in [5.41, 5.74) is 3.45. The number of carbonyl (C=O) groups excluding carboxylic acids is 1. The molecule has 148 valence electrons. The summed E-state index contributed by atoms with van der Waals surface area (Å²) in [4.78, 5) is 30.1. The van der Waals surface area contributed by atoms with E-state index < -0.39 is 0 Å². The molecular formula is C20H18N4O3S2. The molecule has 0 saturated carbocycles. The number of nitrogens with one attached hydrogen (secondary N) is 1. The van der Waals surface area contributed by atoms with Crippen molar-refractivity contribution in [3.05, 3.63) is 63.0 Å². The van der Waals surface area contributed by atoms with E-state index in [2.05, 4.69) is 15.5 Å². The number of anilines is 1. The number of benzene rings is 1. The molecule has 4 rings (SSSR count). The number of fused-ring (bicyclic) bond motifs is 1. The van der Waals surface area contributed by atoms with Gasteiger partial charge in [0.1, 0.15) is 10.5 Å². The zero-order valence-corrected chi connectivity index (χ0v) is 17.7. The van der Waals surface area contributed by atoms with Crippen molar-refractivity contribution in [2.75, 3.05) is 11.1 Å². The number of aromatic nitrogens is 3. The Balaban J connectivity index is 1.68. The predicted octanol–water partition coefficient (Wildman–Crippen LogP) is 4.09. The lowest BCUT2D eigenvalue weighted by Gasteiger charge is -2.13. The minimum atomic E-state index is -0.255. The molecule has 0 radical (unpaired) electrons. The fourth-order valence-electron chi connectivity index (χ4n) is 2.82. The average Bonchev–Trinajstić information content (AvgIpc) is 3.31. The van der Waals surface area contributed by atoms with Crippen molar-refractivity contribution in [3.8, 4) is 5.69 Å². The smallest absolute Gasteiger partial charge is 0.276 e. The molecule has 9 heteroatoms. The van der Waals surface area contributed by atoms with E-state index >= 15 is 0 Å². The standard InChI is InChI=1S/C20H18N4O3S2/c1-11-4-5-14(8-12(11)2)24-19(26)18-15(6-7-28-18)21-20(24)29-10-17(25)22-16-9-13(3)27-23-16/h4-9H,10H2,1-3H3,(H,22,23,25). The summed E-state index contributed by atoms with van der Waals surface area (Å²) in [6.45, 7) is 5.77. The molecule has 0 bridgehead atoms. The van der Waals surface area contributed by atoms with E-state index in [1.54, 1.807) is 17.6 Å². The maximum Gasteiger partial charge on any atom is 0.276 e. The van der Waals surface area contributed by atoms with Crippen LogP contribution in [0.3, 0.4) is 0 Å². The van der Waals surface area contributed by atoms with Crippen LogP contribution in [0.5, 0.6) is 0 Å². The van der Waals surface area contributed by atoms with Crippen molar-refractivity contribution in [3.63, 3.8) is 0 Å². The Kier molecular flexibility index (Phi) is 5.25. The van der Waals surface area contributed by atoms with Crippen molar-refractivity contribution in [2.45, 2.75) is 25.9 Å². The Morgan fingerprint density at radius 1 is 1.21 bits per heavy atom. The molecule has 3 aromatic heterocycles. The molecule has 4 aromatic rings. The number of thioether (sulfide) groups is 1. The van der Waals surface area contributed by atoms with E-state index in [0.29, 0.717) is 27.0 Å². The molecule has 1 N–H and O–H groups in total. The van der Waals surface area contributed by atoms with E-state index in [0.717, 1.165) is 16.8 Å². The van der Waals surface area contributed by atoms with Gasteiger partial charge in [-0.15, -0.1) is 11.3 Å². The summed E-state index contributed by atoms with van der Waals surface area (Å²) in [5, 5.41) is 8.75. The molecule has 7 nitrogen and oxygen atoms in total. The fraction of sp³-hybridized carbons (Fsp3) is 0.200. The number of carbonyl (C=O) groups is 1. The highest BCUT2D eigenvalue weighted by atomic mass is 32.2. The summed E-state index contributed by atoms with van der Waals surface area (Å²) < 4.78 is 7.12. The normalized spacial score (nSPS) is 11.1. The number of rotatable bonds is 5. The summed E-state index contributed by atoms with van der Waals surface area (Å²) in [7, 11) is 0. The molecule has 29 heavy (non-hydrogen) atoms. The maximum absolute atomic E-state index is 13.1. The SMILES string of the molecule is Cc1cc(NC(=O)CSc2nc3ccsc3c(=O)n2-c2ccc(C)c(C)c2)no1. The summed E-state index contributed by atoms with van der Waals surface area (Å²) in [5.74, 6) is 0.801. The Labute approximate surface area is 174 Å². The van der Waals surface area contributed by atoms with Gasteiger partial charge in [0.05, 0.1) is 17.0 Å². The number of hydrogen-bond acceptors (Lipinski definition) is 7. The van der Waals surface area contributed by atoms with Crippen molar-refractivity contribution in [1.82, 2.24) is 14.7 Å². The second-order valence-corrected chi connectivity index (χ2v) is 8.46. The van der Waals surface area contributed by atoms with Gasteiger partial charge in [-0.1, -0.05) is 23.0 Å². The highest BCUT2D eigenvalue weighted by Crippen LogP contribution is 2.24. The molecule has 1 amide bonds. The van der Waals surface area contributed by atoms with E-state index in [1.807, 2.05) is 43.5 Å². The van der Waals surface area contributed by atoms with Gasteiger partial charge in [-0.3, -0.25) is 14.2 Å². The molecule has 0 saturated heterocycles. The minimum absolute atomic E-state index is 0.0822. The van der Waals surface area contributed by atoms with Crippen molar-refractivity contribution < 1.29 is 9.32 Å². The molecule has 0 atom stereocenters. The van der Waals surface area contributed by atoms with Gasteiger partial charge in [-0.2, -0.15) is 0 Å². The Morgan fingerprint density at radius 2 is 2.03 bits per heavy atom. The molecule has 0 aliphatic rings. The van der Waals surface area contributed by atoms with E-state index in [-0.39, 0.29) is 17.2 Å². The van der Waals surface area contributed by atoms with Crippen molar-refractivity contribution in [2.24, 2.45) is 0 Å². The first kappa shape index (κ1) is 19.4. The molecule has 3 heterocycles. The van der Waals surface area contributed by atoms with Gasteiger partial charge in [0.25, 0.3) is 5.56 Å². The lowest BCUT2D eigenvalue weighted by molar-refractivity contribution is -0.113. The average molecular weight is 427 g/mol. The van der Waals surface area contributed by atoms with Gasteiger partial charge in [0, 0.05) is 6.07 Å². The zero-order valence-electron chi connectivity index (χ0n) is 16.1. The first-order chi connectivity index (χ1) is 13.9. The largest absolute Gasteiger partial charge is 0.360 e. The summed E-state index contributed by atoms with van der Waals surface area (Å²) >= 11 is 2.57. The number of amides is 1. The summed E-state index contributed by atoms with van der Waals surface area (Å²) in [6, 6.07) is 9.29. The van der Waals surface area contributed by atoms with Gasteiger partial charge in [0.15, 0.2) is 11.0 Å². The third-order valence-corrected chi connectivity index (χ3v) is 6.26. The van der Waals surface area contributed by atoms with Crippen LogP contribution < -0.4 is 10.9 Å². The molecule has 0 spiro atoms. The number of aryl methyl sites for hydroxylation is 3. The van der Waals surface area contributed by atoms with Crippen molar-refractivity contribution in [1.29, 1.82) is 0 Å². The first-order valence-electron chi connectivity index (χ1n) is 8.86. The van der Waals surface area contributed by atoms with Crippen LogP contribution in [-0.2, 0) is 4.79 Å². The fourth-order valence-corrected chi connectivity index (χ4v) is 4.39. The van der Waals surface area contributed by atoms with Crippen molar-refractivity contribution >= 4 is 45.0 Å². The van der Waals surface area contributed by atoms with Gasteiger partial charge in [-0.05, 0) is 55.5 Å². The molecule has 0 aliphatic heterocycles. The molecule has 1 aromatic carbocycles. The topological polar surface area (TPSA) is 90.0 Å². The van der Waals surface area contributed by atoms with Crippen LogP contribution in [0.1, 0.15) is 16.9 Å². The molecule has 0 aliphatic carbocycles. The third kappa shape index (κ3) is 3.96. The second kappa shape index (κ2) is 7.84. The second-order valence-electron chi connectivity index (χ2n) is 6.60. The summed E-state index contributed by atoms with van der Waals surface area (Å²) in [6.07, 6.45) is 0.